The van der Waals surface area contributed by atoms with Crippen molar-refractivity contribution in [2.24, 2.45) is 52.3 Å². The lowest BCUT2D eigenvalue weighted by atomic mass is 9.43. The van der Waals surface area contributed by atoms with Crippen LogP contribution in [-0.4, -0.2) is 76.8 Å². The van der Waals surface area contributed by atoms with E-state index in [0.29, 0.717) is 29.6 Å². The lowest BCUT2D eigenvalue weighted by Crippen LogP contribution is -2.66. The third kappa shape index (κ3) is 2.86. The van der Waals surface area contributed by atoms with Gasteiger partial charge in [0.15, 0.2) is 11.4 Å². The van der Waals surface area contributed by atoms with Gasteiger partial charge in [0.05, 0.1) is 25.9 Å². The third-order valence-electron chi connectivity index (χ3n) is 13.7. The zero-order valence-electron chi connectivity index (χ0n) is 25.5. The van der Waals surface area contributed by atoms with Gasteiger partial charge < -0.3 is 24.4 Å². The summed E-state index contributed by atoms with van der Waals surface area (Å²) < 4.78 is 17.1. The summed E-state index contributed by atoms with van der Waals surface area (Å²) in [5, 5.41) is 33.2. The molecule has 0 saturated heterocycles. The normalized spacial score (nSPS) is 49.7. The predicted molar refractivity (Wildman–Crippen MR) is 148 cm³/mol. The molecule has 0 bridgehead atoms. The fraction of sp³-hybridized carbons (Fsp3) is 0.697. The number of ketones is 1. The van der Waals surface area contributed by atoms with Crippen molar-refractivity contribution in [2.45, 2.75) is 70.7 Å². The number of carbonyl (C=O) groups excluding carboxylic acids is 4. The van der Waals surface area contributed by atoms with Gasteiger partial charge in [-0.2, -0.15) is 0 Å². The number of aliphatic hydroxyl groups excluding tert-OH is 2. The zero-order chi connectivity index (χ0) is 31.5. The summed E-state index contributed by atoms with van der Waals surface area (Å²) in [7, 11) is 1.21. The highest BCUT2D eigenvalue weighted by Gasteiger charge is 2.85. The SMILES string of the molecule is COC(=O)C(C)=C1C(=O)C(O)C2(C)C3=C1C14OC(=O)C(CO)=C1CC1C(COC(C)=O)C5CC5C1(C)C4CC3(OO)C1CC12. The Kier molecular flexibility index (Phi) is 5.51. The number of hydrogen-bond donors (Lipinski definition) is 3. The van der Waals surface area contributed by atoms with Crippen LogP contribution in [0.15, 0.2) is 33.4 Å². The molecule has 0 radical (unpaired) electrons. The van der Waals surface area contributed by atoms with Crippen molar-refractivity contribution in [3.63, 3.8) is 0 Å². The summed E-state index contributed by atoms with van der Waals surface area (Å²) in [6, 6.07) is 0. The largest absolute Gasteiger partial charge is 0.466 e. The minimum Gasteiger partial charge on any atom is -0.466 e. The van der Waals surface area contributed by atoms with E-state index in [0.717, 1.165) is 6.42 Å². The minimum absolute atomic E-state index is 0.0144. The average Bonchev–Trinajstić information content (AvgIpc) is 3.90. The summed E-state index contributed by atoms with van der Waals surface area (Å²) in [6.07, 6.45) is 0.643. The number of carbonyl (C=O) groups is 4. The molecule has 11 heteroatoms. The number of fused-ring (bicyclic) bond motifs is 7. The molecule has 7 aliphatic carbocycles. The number of ether oxygens (including phenoxy) is 3. The first-order valence-electron chi connectivity index (χ1n) is 15.6. The van der Waals surface area contributed by atoms with Gasteiger partial charge in [-0.05, 0) is 84.7 Å². The van der Waals surface area contributed by atoms with Crippen LogP contribution in [0.4, 0.5) is 0 Å². The lowest BCUT2D eigenvalue weighted by molar-refractivity contribution is -0.329. The van der Waals surface area contributed by atoms with E-state index in [4.69, 9.17) is 19.1 Å². The second-order valence-electron chi connectivity index (χ2n) is 14.9. The van der Waals surface area contributed by atoms with Gasteiger partial charge in [0, 0.05) is 35.0 Å². The molecule has 8 aliphatic rings. The van der Waals surface area contributed by atoms with Crippen LogP contribution in [0.1, 0.15) is 53.4 Å². The van der Waals surface area contributed by atoms with Crippen molar-refractivity contribution in [3.05, 3.63) is 33.4 Å². The van der Waals surface area contributed by atoms with E-state index >= 15 is 0 Å². The highest BCUT2D eigenvalue weighted by molar-refractivity contribution is 6.12. The van der Waals surface area contributed by atoms with Crippen LogP contribution >= 0.6 is 0 Å². The van der Waals surface area contributed by atoms with Crippen molar-refractivity contribution >= 4 is 23.7 Å². The quantitative estimate of drug-likeness (QED) is 0.137. The Morgan fingerprint density at radius 2 is 1.80 bits per heavy atom. The van der Waals surface area contributed by atoms with Gasteiger partial charge in [-0.1, -0.05) is 13.8 Å². The summed E-state index contributed by atoms with van der Waals surface area (Å²) in [5.41, 5.74) is -3.06. The van der Waals surface area contributed by atoms with Crippen LogP contribution < -0.4 is 0 Å². The van der Waals surface area contributed by atoms with Crippen molar-refractivity contribution in [2.75, 3.05) is 20.3 Å². The Morgan fingerprint density at radius 1 is 1.07 bits per heavy atom. The maximum absolute atomic E-state index is 14.4. The van der Waals surface area contributed by atoms with Crippen LogP contribution in [0.25, 0.3) is 0 Å². The molecule has 1 heterocycles. The first kappa shape index (κ1) is 28.6. The molecule has 1 spiro atoms. The van der Waals surface area contributed by atoms with E-state index in [1.54, 1.807) is 6.92 Å². The van der Waals surface area contributed by atoms with Crippen LogP contribution in [0, 0.1) is 52.3 Å². The van der Waals surface area contributed by atoms with E-state index < -0.39 is 58.4 Å². The van der Waals surface area contributed by atoms with E-state index in [-0.39, 0.29) is 71.2 Å². The molecule has 5 saturated carbocycles. The maximum Gasteiger partial charge on any atom is 0.337 e. The Bertz CT molecular complexity index is 1570. The van der Waals surface area contributed by atoms with Gasteiger partial charge in [-0.3, -0.25) is 14.8 Å². The van der Waals surface area contributed by atoms with E-state index in [1.165, 1.54) is 21.0 Å². The molecule has 3 N–H and O–H groups in total. The van der Waals surface area contributed by atoms with E-state index in [1.807, 2.05) is 0 Å². The van der Waals surface area contributed by atoms with Gasteiger partial charge in [-0.25, -0.2) is 14.5 Å². The maximum atomic E-state index is 14.4. The predicted octanol–water partition coefficient (Wildman–Crippen LogP) is 2.06. The number of esters is 3. The second-order valence-corrected chi connectivity index (χ2v) is 14.9. The Morgan fingerprint density at radius 3 is 2.43 bits per heavy atom. The summed E-state index contributed by atoms with van der Waals surface area (Å²) in [6.45, 7) is 6.48. The number of aliphatic hydroxyl groups is 2. The van der Waals surface area contributed by atoms with Gasteiger partial charge in [0.1, 0.15) is 11.7 Å². The standard InChI is InChI=1S/C33H38O11/c1-12(28(38)41-5)23-24-26-31(4,27(37)25(23)36)20-8-21(20)32(26,44-40)9-22-30(3)17-6-14(17)16(11-42-13(2)35)18(30)7-19-15(10-34)29(39)43-33(19,22)24/h14,16-18,20-22,27,34,37,40H,6-11H2,1-5H3. The average molecular weight is 611 g/mol. The van der Waals surface area contributed by atoms with Crippen LogP contribution in [0.3, 0.4) is 0 Å². The minimum atomic E-state index is -1.53. The monoisotopic (exact) mass is 610 g/mol. The Labute approximate surface area is 254 Å². The molecule has 0 amide bonds. The third-order valence-corrected chi connectivity index (χ3v) is 13.7. The summed E-state index contributed by atoms with van der Waals surface area (Å²) in [4.78, 5) is 58.7. The van der Waals surface area contributed by atoms with Crippen molar-refractivity contribution in [1.29, 1.82) is 0 Å². The molecule has 0 aromatic heterocycles. The fourth-order valence-corrected chi connectivity index (χ4v) is 11.9. The van der Waals surface area contributed by atoms with Crippen molar-refractivity contribution in [3.8, 4) is 0 Å². The molecule has 11 nitrogen and oxygen atoms in total. The summed E-state index contributed by atoms with van der Waals surface area (Å²) in [5.74, 6) is -2.91. The molecule has 1 aliphatic heterocycles. The smallest absolute Gasteiger partial charge is 0.337 e. The van der Waals surface area contributed by atoms with Crippen LogP contribution in [-0.2, 0) is 38.3 Å². The van der Waals surface area contributed by atoms with Crippen LogP contribution in [0.5, 0.6) is 0 Å². The Balaban J connectivity index is 1.46. The highest BCUT2D eigenvalue weighted by atomic mass is 17.1. The van der Waals surface area contributed by atoms with Gasteiger partial charge >= 0.3 is 17.9 Å². The molecule has 12 unspecified atom stereocenters. The van der Waals surface area contributed by atoms with E-state index in [9.17, 15) is 34.6 Å². The molecule has 44 heavy (non-hydrogen) atoms. The Hall–Kier alpha value is -2.86. The molecule has 12 atom stereocenters. The molecule has 236 valence electrons. The molecule has 0 aromatic carbocycles. The second kappa shape index (κ2) is 8.48. The fourth-order valence-electron chi connectivity index (χ4n) is 11.9. The van der Waals surface area contributed by atoms with Gasteiger partial charge in [0.25, 0.3) is 0 Å². The van der Waals surface area contributed by atoms with Crippen molar-refractivity contribution < 1.29 is 53.7 Å². The van der Waals surface area contributed by atoms with Gasteiger partial charge in [-0.15, -0.1) is 0 Å². The zero-order valence-corrected chi connectivity index (χ0v) is 25.5. The lowest BCUT2D eigenvalue weighted by Gasteiger charge is -2.63. The molecular weight excluding hydrogens is 572 g/mol. The van der Waals surface area contributed by atoms with Gasteiger partial charge in [0.2, 0.25) is 0 Å². The van der Waals surface area contributed by atoms with E-state index in [2.05, 4.69) is 6.92 Å². The first-order chi connectivity index (χ1) is 20.8. The molecular formula is C33H38O11. The molecule has 5 fully saturated rings. The van der Waals surface area contributed by atoms with Crippen LogP contribution in [0.2, 0.25) is 0 Å². The number of Topliss-reactive ketones (excluding diaryl/α,β-unsaturated/α-hetero) is 1. The van der Waals surface area contributed by atoms with Crippen molar-refractivity contribution in [1.82, 2.24) is 0 Å². The molecule has 8 rings (SSSR count). The number of rotatable bonds is 5. The highest BCUT2D eigenvalue weighted by Crippen LogP contribution is 2.83. The first-order valence-corrected chi connectivity index (χ1v) is 15.6. The number of hydrogen-bond acceptors (Lipinski definition) is 11. The topological polar surface area (TPSA) is 166 Å². The number of methoxy groups -OCH3 is 1. The molecule has 0 aromatic rings. The summed E-state index contributed by atoms with van der Waals surface area (Å²) >= 11 is 0.